The maximum Gasteiger partial charge on any atom is 0.325 e. The number of hydrogen-bond acceptors (Lipinski definition) is 2. The molecule has 0 heterocycles. The van der Waals surface area contributed by atoms with E-state index in [0.717, 1.165) is 12.1 Å². The van der Waals surface area contributed by atoms with Crippen molar-refractivity contribution in [1.29, 1.82) is 0 Å². The molecule has 4 nitrogen and oxygen atoms in total. The van der Waals surface area contributed by atoms with Gasteiger partial charge < -0.3 is 10.4 Å². The molecule has 6 heteroatoms. The van der Waals surface area contributed by atoms with Crippen LogP contribution in [0.15, 0.2) is 18.2 Å². The second kappa shape index (κ2) is 4.69. The third-order valence-electron chi connectivity index (χ3n) is 1.89. The van der Waals surface area contributed by atoms with Gasteiger partial charge in [0.1, 0.15) is 17.7 Å². The number of halogens is 2. The number of carbonyl (C=O) groups is 2. The summed E-state index contributed by atoms with van der Waals surface area (Å²) in [5.41, 5.74) is -0.394. The van der Waals surface area contributed by atoms with E-state index >= 15 is 0 Å². The molecule has 2 N–H and O–H groups in total. The normalized spacial score (nSPS) is 11.9. The highest BCUT2D eigenvalue weighted by Crippen LogP contribution is 2.09. The number of carbonyl (C=O) groups excluding carboxylic acids is 1. The molecule has 16 heavy (non-hydrogen) atoms. The van der Waals surface area contributed by atoms with Gasteiger partial charge in [0.15, 0.2) is 0 Å². The molecular formula is C10H9F2NO3. The first kappa shape index (κ1) is 12.1. The lowest BCUT2D eigenvalue weighted by molar-refractivity contribution is -0.138. The van der Waals surface area contributed by atoms with Crippen LogP contribution < -0.4 is 5.32 Å². The van der Waals surface area contributed by atoms with Crippen LogP contribution in [0.1, 0.15) is 17.3 Å². The minimum absolute atomic E-state index is 0.394. The van der Waals surface area contributed by atoms with Gasteiger partial charge in [0.05, 0.1) is 5.56 Å². The van der Waals surface area contributed by atoms with E-state index in [1.165, 1.54) is 6.92 Å². The van der Waals surface area contributed by atoms with Gasteiger partial charge in [-0.25, -0.2) is 8.78 Å². The second-order valence-corrected chi connectivity index (χ2v) is 3.16. The van der Waals surface area contributed by atoms with Crippen LogP contribution in [-0.2, 0) is 4.79 Å². The summed E-state index contributed by atoms with van der Waals surface area (Å²) >= 11 is 0. The smallest absolute Gasteiger partial charge is 0.325 e. The molecule has 0 radical (unpaired) electrons. The summed E-state index contributed by atoms with van der Waals surface area (Å²) in [5.74, 6) is -3.97. The van der Waals surface area contributed by atoms with Crippen molar-refractivity contribution in [3.8, 4) is 0 Å². The molecule has 0 unspecified atom stereocenters. The highest BCUT2D eigenvalue weighted by molar-refractivity contribution is 5.96. The predicted molar refractivity (Wildman–Crippen MR) is 50.9 cm³/mol. The van der Waals surface area contributed by atoms with E-state index in [2.05, 4.69) is 5.32 Å². The Balaban J connectivity index is 2.85. The SMILES string of the molecule is C[C@@H](NC(=O)c1ccc(F)cc1F)C(=O)O. The lowest BCUT2D eigenvalue weighted by Crippen LogP contribution is -2.38. The zero-order chi connectivity index (χ0) is 12.3. The number of carboxylic acids is 1. The summed E-state index contributed by atoms with van der Waals surface area (Å²) in [6, 6.07) is 1.29. The summed E-state index contributed by atoms with van der Waals surface area (Å²) in [6.07, 6.45) is 0. The Kier molecular flexibility index (Phi) is 3.55. The van der Waals surface area contributed by atoms with E-state index in [-0.39, 0.29) is 0 Å². The van der Waals surface area contributed by atoms with Crippen LogP contribution in [0.25, 0.3) is 0 Å². The first-order valence-corrected chi connectivity index (χ1v) is 4.40. The summed E-state index contributed by atoms with van der Waals surface area (Å²) in [5, 5.41) is 10.6. The number of aliphatic carboxylic acids is 1. The molecule has 1 atom stereocenters. The van der Waals surface area contributed by atoms with Gasteiger partial charge in [-0.05, 0) is 19.1 Å². The van der Waals surface area contributed by atoms with E-state index < -0.39 is 35.1 Å². The maximum atomic E-state index is 13.1. The Morgan fingerprint density at radius 3 is 2.50 bits per heavy atom. The van der Waals surface area contributed by atoms with Crippen molar-refractivity contribution in [1.82, 2.24) is 5.32 Å². The monoisotopic (exact) mass is 229 g/mol. The second-order valence-electron chi connectivity index (χ2n) is 3.16. The van der Waals surface area contributed by atoms with Crippen LogP contribution in [0.4, 0.5) is 8.78 Å². The van der Waals surface area contributed by atoms with Crippen LogP contribution in [0, 0.1) is 11.6 Å². The van der Waals surface area contributed by atoms with Crippen LogP contribution in [0.2, 0.25) is 0 Å². The van der Waals surface area contributed by atoms with Crippen molar-refractivity contribution >= 4 is 11.9 Å². The van der Waals surface area contributed by atoms with Crippen LogP contribution in [0.5, 0.6) is 0 Å². The minimum atomic E-state index is -1.24. The van der Waals surface area contributed by atoms with Crippen molar-refractivity contribution in [2.75, 3.05) is 0 Å². The van der Waals surface area contributed by atoms with Gasteiger partial charge in [-0.15, -0.1) is 0 Å². The average molecular weight is 229 g/mol. The molecule has 0 aliphatic heterocycles. The highest BCUT2D eigenvalue weighted by Gasteiger charge is 2.18. The summed E-state index contributed by atoms with van der Waals surface area (Å²) in [4.78, 5) is 21.8. The van der Waals surface area contributed by atoms with E-state index in [4.69, 9.17) is 5.11 Å². The number of rotatable bonds is 3. The molecule has 1 aromatic rings. The quantitative estimate of drug-likeness (QED) is 0.817. The predicted octanol–water partition coefficient (Wildman–Crippen LogP) is 1.17. The van der Waals surface area contributed by atoms with Crippen LogP contribution >= 0.6 is 0 Å². The summed E-state index contributed by atoms with van der Waals surface area (Å²) in [6.45, 7) is 1.24. The first-order chi connectivity index (χ1) is 7.41. The molecule has 0 saturated heterocycles. The van der Waals surface area contributed by atoms with Crippen molar-refractivity contribution in [2.24, 2.45) is 0 Å². The van der Waals surface area contributed by atoms with Crippen LogP contribution in [0.3, 0.4) is 0 Å². The third kappa shape index (κ3) is 2.75. The number of nitrogens with one attached hydrogen (secondary N) is 1. The number of carboxylic acid groups (broad SMARTS) is 1. The summed E-state index contributed by atoms with van der Waals surface area (Å²) in [7, 11) is 0. The highest BCUT2D eigenvalue weighted by atomic mass is 19.1. The van der Waals surface area contributed by atoms with Crippen molar-refractivity contribution in [3.05, 3.63) is 35.4 Å². The topological polar surface area (TPSA) is 66.4 Å². The molecular weight excluding hydrogens is 220 g/mol. The van der Waals surface area contributed by atoms with Crippen molar-refractivity contribution < 1.29 is 23.5 Å². The Bertz CT molecular complexity index is 434. The zero-order valence-electron chi connectivity index (χ0n) is 8.33. The van der Waals surface area contributed by atoms with Crippen molar-refractivity contribution in [3.63, 3.8) is 0 Å². The van der Waals surface area contributed by atoms with E-state index in [9.17, 15) is 18.4 Å². The molecule has 0 spiro atoms. The lowest BCUT2D eigenvalue weighted by Gasteiger charge is -2.09. The Labute approximate surface area is 89.9 Å². The van der Waals surface area contributed by atoms with Gasteiger partial charge in [-0.3, -0.25) is 9.59 Å². The van der Waals surface area contributed by atoms with Crippen molar-refractivity contribution in [2.45, 2.75) is 13.0 Å². The molecule has 0 aromatic heterocycles. The molecule has 0 fully saturated rings. The molecule has 0 aliphatic rings. The van der Waals surface area contributed by atoms with Gasteiger partial charge >= 0.3 is 5.97 Å². The van der Waals surface area contributed by atoms with E-state index in [0.29, 0.717) is 6.07 Å². The number of hydrogen-bond donors (Lipinski definition) is 2. The third-order valence-corrected chi connectivity index (χ3v) is 1.89. The number of benzene rings is 1. The first-order valence-electron chi connectivity index (χ1n) is 4.40. The standard InChI is InChI=1S/C10H9F2NO3/c1-5(10(15)16)13-9(14)7-3-2-6(11)4-8(7)12/h2-5H,1H3,(H,13,14)(H,15,16)/t5-/m1/s1. The summed E-state index contributed by atoms with van der Waals surface area (Å²) < 4.78 is 25.6. The van der Waals surface area contributed by atoms with Gasteiger partial charge in [0.2, 0.25) is 0 Å². The van der Waals surface area contributed by atoms with E-state index in [1.807, 2.05) is 0 Å². The van der Waals surface area contributed by atoms with Gasteiger partial charge in [0, 0.05) is 6.07 Å². The van der Waals surface area contributed by atoms with Crippen LogP contribution in [-0.4, -0.2) is 23.0 Å². The Morgan fingerprint density at radius 1 is 1.38 bits per heavy atom. The van der Waals surface area contributed by atoms with E-state index in [1.54, 1.807) is 0 Å². The Morgan fingerprint density at radius 2 is 2.00 bits per heavy atom. The largest absolute Gasteiger partial charge is 0.480 e. The fraction of sp³-hybridized carbons (Fsp3) is 0.200. The number of amides is 1. The lowest BCUT2D eigenvalue weighted by atomic mass is 10.2. The molecule has 1 amide bonds. The molecule has 0 aliphatic carbocycles. The van der Waals surface area contributed by atoms with Gasteiger partial charge in [0.25, 0.3) is 5.91 Å². The van der Waals surface area contributed by atoms with Gasteiger partial charge in [-0.2, -0.15) is 0 Å². The minimum Gasteiger partial charge on any atom is -0.480 e. The fourth-order valence-electron chi connectivity index (χ4n) is 1.01. The molecule has 86 valence electrons. The molecule has 0 bridgehead atoms. The molecule has 1 aromatic carbocycles. The van der Waals surface area contributed by atoms with Gasteiger partial charge in [-0.1, -0.05) is 0 Å². The average Bonchev–Trinajstić information content (AvgIpc) is 2.16. The molecule has 0 saturated carbocycles. The fourth-order valence-corrected chi connectivity index (χ4v) is 1.01. The Hall–Kier alpha value is -1.98. The zero-order valence-corrected chi connectivity index (χ0v) is 8.33. The molecule has 1 rings (SSSR count). The maximum absolute atomic E-state index is 13.1.